The number of aromatic nitrogens is 2. The van der Waals surface area contributed by atoms with Gasteiger partial charge in [0.25, 0.3) is 0 Å². The van der Waals surface area contributed by atoms with Crippen molar-refractivity contribution in [3.63, 3.8) is 0 Å². The molecule has 0 unspecified atom stereocenters. The number of benzene rings is 1. The van der Waals surface area contributed by atoms with E-state index < -0.39 is 0 Å². The molecule has 0 aliphatic carbocycles. The number of hydrogen-bond acceptors (Lipinski definition) is 5. The maximum atomic E-state index is 5.69. The molecule has 0 aliphatic rings. The molecule has 0 fully saturated rings. The molecule has 0 saturated carbocycles. The van der Waals surface area contributed by atoms with Gasteiger partial charge in [-0.05, 0) is 12.1 Å². The van der Waals surface area contributed by atoms with Crippen LogP contribution in [0.4, 0.5) is 0 Å². The first-order chi connectivity index (χ1) is 8.92. The predicted molar refractivity (Wildman–Crippen MR) is 65.9 cm³/mol. The molecule has 0 amide bonds. The van der Waals surface area contributed by atoms with E-state index in [1.165, 1.54) is 6.39 Å². The van der Waals surface area contributed by atoms with Crippen molar-refractivity contribution in [2.75, 3.05) is 6.54 Å². The molecule has 5 heteroatoms. The van der Waals surface area contributed by atoms with E-state index in [4.69, 9.17) is 4.42 Å². The number of rotatable bonds is 5. The Kier molecular flexibility index (Phi) is 3.06. The second kappa shape index (κ2) is 5.01. The third-order valence-electron chi connectivity index (χ3n) is 2.71. The van der Waals surface area contributed by atoms with Crippen LogP contribution in [0.3, 0.4) is 0 Å². The van der Waals surface area contributed by atoms with Crippen LogP contribution in [0.5, 0.6) is 0 Å². The van der Waals surface area contributed by atoms with Gasteiger partial charge in [-0.25, -0.2) is 0 Å². The highest BCUT2D eigenvalue weighted by Gasteiger charge is 2.03. The highest BCUT2D eigenvalue weighted by Crippen LogP contribution is 2.18. The average Bonchev–Trinajstić information content (AvgIpc) is 3.03. The molecule has 3 rings (SSSR count). The number of nitrogens with one attached hydrogen (secondary N) is 1. The second-order valence-electron chi connectivity index (χ2n) is 4.02. The van der Waals surface area contributed by atoms with Crippen LogP contribution in [-0.2, 0) is 13.0 Å². The molecule has 92 valence electrons. The number of nitrogens with zero attached hydrogens (tertiary/aromatic N) is 2. The van der Waals surface area contributed by atoms with Crippen molar-refractivity contribution >= 4 is 11.0 Å². The van der Waals surface area contributed by atoms with Crippen molar-refractivity contribution in [3.8, 4) is 0 Å². The number of para-hydroxylation sites is 1. The Bertz CT molecular complexity index is 583. The lowest BCUT2D eigenvalue weighted by atomic mass is 10.2. The Hall–Kier alpha value is -2.14. The summed E-state index contributed by atoms with van der Waals surface area (Å²) >= 11 is 0. The Morgan fingerprint density at radius 1 is 1.22 bits per heavy atom. The van der Waals surface area contributed by atoms with Gasteiger partial charge < -0.3 is 14.3 Å². The molecular formula is C13H13N3O2. The van der Waals surface area contributed by atoms with Crippen LogP contribution in [0.15, 0.2) is 45.7 Å². The van der Waals surface area contributed by atoms with Crippen molar-refractivity contribution in [2.45, 2.75) is 13.0 Å². The molecule has 0 aliphatic heterocycles. The zero-order valence-electron chi connectivity index (χ0n) is 9.80. The van der Waals surface area contributed by atoms with Gasteiger partial charge in [-0.15, -0.1) is 0 Å². The summed E-state index contributed by atoms with van der Waals surface area (Å²) < 4.78 is 10.4. The summed E-state index contributed by atoms with van der Waals surface area (Å²) in [6, 6.07) is 10.0. The lowest BCUT2D eigenvalue weighted by molar-refractivity contribution is 0.409. The third-order valence-corrected chi connectivity index (χ3v) is 2.71. The predicted octanol–water partition coefficient (Wildman–Crippen LogP) is 2.15. The molecule has 0 saturated heterocycles. The molecule has 0 bridgehead atoms. The Morgan fingerprint density at radius 3 is 3.00 bits per heavy atom. The molecule has 0 spiro atoms. The lowest BCUT2D eigenvalue weighted by Gasteiger charge is -1.99. The minimum Gasteiger partial charge on any atom is -0.460 e. The zero-order chi connectivity index (χ0) is 12.2. The summed E-state index contributed by atoms with van der Waals surface area (Å²) in [5.41, 5.74) is 0.924. The van der Waals surface area contributed by atoms with Gasteiger partial charge in [-0.3, -0.25) is 0 Å². The first kappa shape index (κ1) is 11.0. The molecule has 1 aromatic carbocycles. The van der Waals surface area contributed by atoms with Crippen LogP contribution < -0.4 is 5.32 Å². The van der Waals surface area contributed by atoms with E-state index in [9.17, 15) is 0 Å². The van der Waals surface area contributed by atoms with Gasteiger partial charge in [0.1, 0.15) is 11.3 Å². The molecule has 2 aromatic heterocycles. The summed E-state index contributed by atoms with van der Waals surface area (Å²) in [4.78, 5) is 3.95. The van der Waals surface area contributed by atoms with Crippen LogP contribution >= 0.6 is 0 Å². The number of hydrogen-bond donors (Lipinski definition) is 1. The smallest absolute Gasteiger partial charge is 0.213 e. The average molecular weight is 243 g/mol. The highest BCUT2D eigenvalue weighted by molar-refractivity contribution is 5.77. The van der Waals surface area contributed by atoms with E-state index in [1.807, 2.05) is 24.3 Å². The van der Waals surface area contributed by atoms with Crippen molar-refractivity contribution in [1.29, 1.82) is 0 Å². The summed E-state index contributed by atoms with van der Waals surface area (Å²) in [7, 11) is 0. The molecule has 5 nitrogen and oxygen atoms in total. The van der Waals surface area contributed by atoms with Gasteiger partial charge in [0.05, 0.1) is 6.54 Å². The van der Waals surface area contributed by atoms with Crippen LogP contribution in [-0.4, -0.2) is 16.7 Å². The molecule has 0 radical (unpaired) electrons. The van der Waals surface area contributed by atoms with E-state index >= 15 is 0 Å². The van der Waals surface area contributed by atoms with E-state index in [0.717, 1.165) is 29.7 Å². The monoisotopic (exact) mass is 243 g/mol. The SMILES string of the molecule is c1ccc2oc(CNCCc3ncon3)cc2c1. The van der Waals surface area contributed by atoms with E-state index in [2.05, 4.69) is 26.0 Å². The van der Waals surface area contributed by atoms with E-state index in [-0.39, 0.29) is 0 Å². The number of fused-ring (bicyclic) bond motifs is 1. The number of furan rings is 1. The zero-order valence-corrected chi connectivity index (χ0v) is 9.80. The molecule has 18 heavy (non-hydrogen) atoms. The van der Waals surface area contributed by atoms with Crippen LogP contribution in [0.2, 0.25) is 0 Å². The maximum Gasteiger partial charge on any atom is 0.213 e. The fourth-order valence-corrected chi connectivity index (χ4v) is 1.84. The highest BCUT2D eigenvalue weighted by atomic mass is 16.5. The Morgan fingerprint density at radius 2 is 2.17 bits per heavy atom. The van der Waals surface area contributed by atoms with Crippen molar-refractivity contribution < 1.29 is 8.94 Å². The maximum absolute atomic E-state index is 5.69. The van der Waals surface area contributed by atoms with Crippen LogP contribution in [0.1, 0.15) is 11.6 Å². The fourth-order valence-electron chi connectivity index (χ4n) is 1.84. The first-order valence-electron chi connectivity index (χ1n) is 5.85. The quantitative estimate of drug-likeness (QED) is 0.695. The topological polar surface area (TPSA) is 64.1 Å². The molecule has 1 N–H and O–H groups in total. The van der Waals surface area contributed by atoms with Gasteiger partial charge >= 0.3 is 0 Å². The van der Waals surface area contributed by atoms with Gasteiger partial charge in [0, 0.05) is 18.4 Å². The Labute approximate surface area is 104 Å². The van der Waals surface area contributed by atoms with Gasteiger partial charge in [-0.2, -0.15) is 4.98 Å². The lowest BCUT2D eigenvalue weighted by Crippen LogP contribution is -2.16. The molecule has 2 heterocycles. The summed E-state index contributed by atoms with van der Waals surface area (Å²) in [5.74, 6) is 1.65. The van der Waals surface area contributed by atoms with Gasteiger partial charge in [0.15, 0.2) is 5.82 Å². The van der Waals surface area contributed by atoms with E-state index in [1.54, 1.807) is 0 Å². The summed E-state index contributed by atoms with van der Waals surface area (Å²) in [5, 5.41) is 8.16. The van der Waals surface area contributed by atoms with Crippen molar-refractivity contribution in [2.24, 2.45) is 0 Å². The summed E-state index contributed by atoms with van der Waals surface area (Å²) in [6.45, 7) is 1.49. The first-order valence-corrected chi connectivity index (χ1v) is 5.85. The molecule has 0 atom stereocenters. The molecule has 3 aromatic rings. The van der Waals surface area contributed by atoms with Gasteiger partial charge in [-0.1, -0.05) is 23.4 Å². The van der Waals surface area contributed by atoms with Crippen molar-refractivity contribution in [3.05, 3.63) is 48.3 Å². The minimum atomic E-state index is 0.701. The standard InChI is InChI=1S/C13H13N3O2/c1-2-4-12-10(3-1)7-11(18-12)8-14-6-5-13-15-9-17-16-13/h1-4,7,9,14H,5-6,8H2. The second-order valence-corrected chi connectivity index (χ2v) is 4.02. The largest absolute Gasteiger partial charge is 0.460 e. The van der Waals surface area contributed by atoms with E-state index in [0.29, 0.717) is 12.4 Å². The van der Waals surface area contributed by atoms with Crippen LogP contribution in [0, 0.1) is 0 Å². The van der Waals surface area contributed by atoms with Crippen LogP contribution in [0.25, 0.3) is 11.0 Å². The van der Waals surface area contributed by atoms with Crippen molar-refractivity contribution in [1.82, 2.24) is 15.5 Å². The third kappa shape index (κ3) is 2.41. The molecular weight excluding hydrogens is 230 g/mol. The Balaban J connectivity index is 1.53. The normalized spacial score (nSPS) is 11.1. The minimum absolute atomic E-state index is 0.701. The summed E-state index contributed by atoms with van der Waals surface area (Å²) in [6.07, 6.45) is 2.09. The fraction of sp³-hybridized carbons (Fsp3) is 0.231. The van der Waals surface area contributed by atoms with Gasteiger partial charge in [0.2, 0.25) is 6.39 Å².